The molecule has 0 aliphatic carbocycles. The Labute approximate surface area is 107 Å². The minimum Gasteiger partial charge on any atom is -0.144 e. The van der Waals surface area contributed by atoms with Gasteiger partial charge in [0.15, 0.2) is 0 Å². The third kappa shape index (κ3) is 1.55. The average molecular weight is 220 g/mol. The molecule has 0 amide bonds. The summed E-state index contributed by atoms with van der Waals surface area (Å²) in [5.74, 6) is 0. The van der Waals surface area contributed by atoms with Crippen LogP contribution in [0.1, 0.15) is 13.7 Å². The normalized spacial score (nSPS) is 20.0. The Morgan fingerprint density at radius 2 is 1.73 bits per heavy atom. The molecule has 0 saturated heterocycles. The molecule has 1 aromatic heterocycles. The van der Waals surface area contributed by atoms with Crippen LogP contribution < -0.4 is 0 Å². The van der Waals surface area contributed by atoms with Crippen molar-refractivity contribution in [3.63, 3.8) is 0 Å². The number of fused-ring (bicyclic) bond motifs is 1. The van der Waals surface area contributed by atoms with Crippen LogP contribution in [0.4, 0.5) is 0 Å². The summed E-state index contributed by atoms with van der Waals surface area (Å²) in [7, 11) is 0. The molecule has 1 heterocycles. The van der Waals surface area contributed by atoms with E-state index in [0.717, 1.165) is 11.3 Å². The van der Waals surface area contributed by atoms with Crippen molar-refractivity contribution in [2.45, 2.75) is 0 Å². The van der Waals surface area contributed by atoms with Crippen LogP contribution in [0.5, 0.6) is 0 Å². The van der Waals surface area contributed by atoms with E-state index >= 15 is 0 Å². The van der Waals surface area contributed by atoms with Gasteiger partial charge >= 0.3 is 0 Å². The molecule has 0 bridgehead atoms. The third-order valence-corrected chi connectivity index (χ3v) is 2.57. The highest BCUT2D eigenvalue weighted by Gasteiger charge is 1.99. The van der Waals surface area contributed by atoms with Crippen LogP contribution in [0, 0.1) is 0 Å². The van der Waals surface area contributed by atoms with E-state index in [1.165, 1.54) is 0 Å². The van der Waals surface area contributed by atoms with Crippen molar-refractivity contribution in [1.29, 1.82) is 0 Å². The molecule has 15 heavy (non-hydrogen) atoms. The van der Waals surface area contributed by atoms with Gasteiger partial charge in [-0.05, 0) is 40.0 Å². The van der Waals surface area contributed by atoms with Crippen molar-refractivity contribution in [2.24, 2.45) is 0 Å². The minimum absolute atomic E-state index is 0.0159. The molecular formula is C14H10S. The Kier molecular flexibility index (Phi) is 0.749. The van der Waals surface area contributed by atoms with Crippen LogP contribution in [0.3, 0.4) is 0 Å². The summed E-state index contributed by atoms with van der Waals surface area (Å²) in [5.41, 5.74) is -0.630. The number of rotatable bonds is 1. The number of benzene rings is 2. The summed E-state index contributed by atoms with van der Waals surface area (Å²) >= 11 is 0.809. The van der Waals surface area contributed by atoms with Crippen LogP contribution in [-0.4, -0.2) is 0 Å². The first-order valence-corrected chi connectivity index (χ1v) is 4.97. The molecule has 2 aromatic carbocycles. The van der Waals surface area contributed by atoms with Gasteiger partial charge in [0.2, 0.25) is 0 Å². The Hall–Kier alpha value is -1.60. The molecule has 0 saturated carbocycles. The lowest BCUT2D eigenvalue weighted by Gasteiger charge is -2.00. The molecule has 0 spiro atoms. The molecule has 0 aliphatic heterocycles. The zero-order valence-electron chi connectivity index (χ0n) is 17.4. The highest BCUT2D eigenvalue weighted by molar-refractivity contribution is 7.17. The van der Waals surface area contributed by atoms with E-state index in [4.69, 9.17) is 13.7 Å². The second-order valence-electron chi connectivity index (χ2n) is 2.78. The molecule has 0 unspecified atom stereocenters. The Morgan fingerprint density at radius 3 is 2.60 bits per heavy atom. The van der Waals surface area contributed by atoms with E-state index in [1.54, 1.807) is 0 Å². The molecule has 0 atom stereocenters. The quantitative estimate of drug-likeness (QED) is 0.563. The molecule has 0 radical (unpaired) electrons. The predicted octanol–water partition coefficient (Wildman–Crippen LogP) is 4.57. The van der Waals surface area contributed by atoms with Gasteiger partial charge in [-0.3, -0.25) is 0 Å². The molecule has 0 nitrogen and oxygen atoms in total. The molecule has 3 rings (SSSR count). The van der Waals surface area contributed by atoms with Crippen molar-refractivity contribution in [3.8, 4) is 11.1 Å². The van der Waals surface area contributed by atoms with Crippen molar-refractivity contribution >= 4 is 21.4 Å². The van der Waals surface area contributed by atoms with Crippen molar-refractivity contribution in [1.82, 2.24) is 0 Å². The van der Waals surface area contributed by atoms with Crippen LogP contribution in [0.25, 0.3) is 21.2 Å². The summed E-state index contributed by atoms with van der Waals surface area (Å²) in [6.07, 6.45) is 0. The summed E-state index contributed by atoms with van der Waals surface area (Å²) in [5, 5.41) is -0.174. The van der Waals surface area contributed by atoms with Crippen molar-refractivity contribution in [3.05, 3.63) is 59.7 Å². The fourth-order valence-electron chi connectivity index (χ4n) is 1.19. The minimum atomic E-state index is -0.598. The highest BCUT2D eigenvalue weighted by Crippen LogP contribution is 2.27. The maximum absolute atomic E-state index is 8.32. The largest absolute Gasteiger partial charge is 0.144 e. The van der Waals surface area contributed by atoms with E-state index in [0.29, 0.717) is 0 Å². The van der Waals surface area contributed by atoms with E-state index < -0.39 is 36.3 Å². The average Bonchev–Trinajstić information content (AvgIpc) is 2.88. The SMILES string of the molecule is [2H]c1sc2c([2H])c([2H])c(-c3c([2H])c([2H])c([2H])c([2H])c3[2H])c([2H])c2c1[2H]. The van der Waals surface area contributed by atoms with Gasteiger partial charge in [-0.1, -0.05) is 36.3 Å². The first kappa shape index (κ1) is 3.19. The lowest BCUT2D eigenvalue weighted by molar-refractivity contribution is 1.66. The van der Waals surface area contributed by atoms with Gasteiger partial charge in [0, 0.05) is 4.70 Å². The first-order valence-electron chi connectivity index (χ1n) is 9.16. The Morgan fingerprint density at radius 1 is 0.867 bits per heavy atom. The molecule has 3 aromatic rings. The summed E-state index contributed by atoms with van der Waals surface area (Å²) < 4.78 is 79.5. The van der Waals surface area contributed by atoms with E-state index in [1.807, 2.05) is 0 Å². The highest BCUT2D eigenvalue weighted by atomic mass is 32.1. The second kappa shape index (κ2) is 3.52. The van der Waals surface area contributed by atoms with E-state index in [-0.39, 0.29) is 44.7 Å². The summed E-state index contributed by atoms with van der Waals surface area (Å²) in [6, 6.07) is -4.37. The molecule has 0 aliphatic rings. The van der Waals surface area contributed by atoms with Crippen LogP contribution >= 0.6 is 11.3 Å². The number of thiophene rings is 1. The maximum atomic E-state index is 8.32. The molecule has 72 valence electrons. The van der Waals surface area contributed by atoms with Crippen LogP contribution in [0.2, 0.25) is 0 Å². The van der Waals surface area contributed by atoms with Crippen molar-refractivity contribution < 1.29 is 13.7 Å². The van der Waals surface area contributed by atoms with Gasteiger partial charge in [0.25, 0.3) is 0 Å². The molecular weight excluding hydrogens is 200 g/mol. The predicted molar refractivity (Wildman–Crippen MR) is 67.3 cm³/mol. The second-order valence-corrected chi connectivity index (χ2v) is 3.60. The summed E-state index contributed by atoms with van der Waals surface area (Å²) in [4.78, 5) is 0. The Bertz CT molecular complexity index is 1020. The summed E-state index contributed by atoms with van der Waals surface area (Å²) in [6.45, 7) is 0. The van der Waals surface area contributed by atoms with Crippen LogP contribution in [0.15, 0.2) is 59.7 Å². The molecule has 1 heteroatoms. The number of hydrogen-bond acceptors (Lipinski definition) is 1. The zero-order valence-corrected chi connectivity index (χ0v) is 8.22. The Balaban J connectivity index is 2.57. The fraction of sp³-hybridized carbons (Fsp3) is 0. The van der Waals surface area contributed by atoms with Gasteiger partial charge in [0.1, 0.15) is 0 Å². The zero-order chi connectivity index (χ0) is 18.8. The van der Waals surface area contributed by atoms with Crippen LogP contribution in [-0.2, 0) is 0 Å². The van der Waals surface area contributed by atoms with Gasteiger partial charge in [0.05, 0.1) is 13.7 Å². The van der Waals surface area contributed by atoms with Crippen molar-refractivity contribution in [2.75, 3.05) is 0 Å². The van der Waals surface area contributed by atoms with Gasteiger partial charge in [-0.15, -0.1) is 11.3 Å². The lowest BCUT2D eigenvalue weighted by Crippen LogP contribution is -1.75. The lowest BCUT2D eigenvalue weighted by atomic mass is 10.0. The standard InChI is InChI=1S/C14H10S/c1-2-4-11(5-3-1)12-6-7-14-13(10-12)8-9-15-14/h1-10H/i1D,2D,3D,4D,5D,6D,7D,8D,9D,10D. The molecule has 0 fully saturated rings. The van der Waals surface area contributed by atoms with E-state index in [2.05, 4.69) is 0 Å². The van der Waals surface area contributed by atoms with Gasteiger partial charge in [-0.2, -0.15) is 0 Å². The fourth-order valence-corrected chi connectivity index (χ4v) is 1.75. The maximum Gasteiger partial charge on any atom is 0.0740 e. The molecule has 0 N–H and O–H groups in total. The first-order chi connectivity index (χ1) is 11.6. The topological polar surface area (TPSA) is 0 Å². The smallest absolute Gasteiger partial charge is 0.0740 e. The number of hydrogen-bond donors (Lipinski definition) is 0. The third-order valence-electron chi connectivity index (χ3n) is 1.86. The van der Waals surface area contributed by atoms with Gasteiger partial charge < -0.3 is 0 Å². The monoisotopic (exact) mass is 220 g/mol. The van der Waals surface area contributed by atoms with E-state index in [9.17, 15) is 0 Å². The van der Waals surface area contributed by atoms with Gasteiger partial charge in [-0.25, -0.2) is 0 Å².